The topological polar surface area (TPSA) is 73.4 Å². The summed E-state index contributed by atoms with van der Waals surface area (Å²) in [5.74, 6) is 2.68. The SMILES string of the molecule is C=CCn1c(SCCN2C(=O)C(C)Oc3ccccc32)nnc1-c1ccco1. The molecule has 1 aromatic carbocycles. The van der Waals surface area contributed by atoms with Gasteiger partial charge in [-0.15, -0.1) is 16.8 Å². The molecule has 1 atom stereocenters. The first-order valence-electron chi connectivity index (χ1n) is 8.97. The molecule has 0 aliphatic carbocycles. The number of para-hydroxylation sites is 2. The molecule has 144 valence electrons. The van der Waals surface area contributed by atoms with Crippen LogP contribution in [0.3, 0.4) is 0 Å². The van der Waals surface area contributed by atoms with Gasteiger partial charge in [0.05, 0.1) is 12.0 Å². The maximum atomic E-state index is 12.6. The van der Waals surface area contributed by atoms with Crippen molar-refractivity contribution in [2.45, 2.75) is 24.7 Å². The first-order chi connectivity index (χ1) is 13.7. The minimum absolute atomic E-state index is 0.0388. The third-order valence-electron chi connectivity index (χ3n) is 4.39. The third-order valence-corrected chi connectivity index (χ3v) is 5.34. The van der Waals surface area contributed by atoms with Crippen molar-refractivity contribution in [3.05, 3.63) is 55.3 Å². The maximum Gasteiger partial charge on any atom is 0.267 e. The fourth-order valence-electron chi connectivity index (χ4n) is 3.09. The summed E-state index contributed by atoms with van der Waals surface area (Å²) in [6.07, 6.45) is 2.91. The Balaban J connectivity index is 1.50. The summed E-state index contributed by atoms with van der Waals surface area (Å²) < 4.78 is 13.1. The molecule has 0 fully saturated rings. The van der Waals surface area contributed by atoms with E-state index in [9.17, 15) is 4.79 Å². The van der Waals surface area contributed by atoms with Crippen LogP contribution >= 0.6 is 11.8 Å². The number of fused-ring (bicyclic) bond motifs is 1. The van der Waals surface area contributed by atoms with Gasteiger partial charge in [0.15, 0.2) is 17.0 Å². The van der Waals surface area contributed by atoms with Gasteiger partial charge < -0.3 is 14.1 Å². The van der Waals surface area contributed by atoms with Crippen molar-refractivity contribution in [1.82, 2.24) is 14.8 Å². The molecule has 0 spiro atoms. The normalized spacial score (nSPS) is 16.0. The second kappa shape index (κ2) is 7.93. The summed E-state index contributed by atoms with van der Waals surface area (Å²) in [7, 11) is 0. The molecule has 3 heterocycles. The molecule has 8 heteroatoms. The average Bonchev–Trinajstić information content (AvgIpc) is 3.35. The fourth-order valence-corrected chi connectivity index (χ4v) is 3.97. The highest BCUT2D eigenvalue weighted by Crippen LogP contribution is 2.34. The Morgan fingerprint density at radius 3 is 2.89 bits per heavy atom. The Morgan fingerprint density at radius 1 is 1.25 bits per heavy atom. The van der Waals surface area contributed by atoms with Crippen molar-refractivity contribution in [3.63, 3.8) is 0 Å². The van der Waals surface area contributed by atoms with Crippen molar-refractivity contribution in [2.24, 2.45) is 0 Å². The Hall–Kier alpha value is -3.00. The van der Waals surface area contributed by atoms with Crippen molar-refractivity contribution in [3.8, 4) is 17.3 Å². The molecule has 1 aliphatic heterocycles. The number of hydrogen-bond acceptors (Lipinski definition) is 6. The highest BCUT2D eigenvalue weighted by molar-refractivity contribution is 7.99. The van der Waals surface area contributed by atoms with E-state index in [0.29, 0.717) is 30.4 Å². The van der Waals surface area contributed by atoms with Crippen LogP contribution in [0.5, 0.6) is 5.75 Å². The quantitative estimate of drug-likeness (QED) is 0.449. The Labute approximate surface area is 167 Å². The number of amides is 1. The Morgan fingerprint density at radius 2 is 2.11 bits per heavy atom. The molecular weight excluding hydrogens is 376 g/mol. The molecule has 0 bridgehead atoms. The molecule has 1 amide bonds. The van der Waals surface area contributed by atoms with E-state index >= 15 is 0 Å². The maximum absolute atomic E-state index is 12.6. The van der Waals surface area contributed by atoms with Crippen LogP contribution < -0.4 is 9.64 Å². The number of rotatable bonds is 7. The first-order valence-corrected chi connectivity index (χ1v) is 9.95. The second-order valence-corrected chi connectivity index (χ2v) is 7.31. The lowest BCUT2D eigenvalue weighted by atomic mass is 10.2. The molecule has 0 saturated carbocycles. The van der Waals surface area contributed by atoms with Gasteiger partial charge in [-0.1, -0.05) is 30.0 Å². The predicted octanol–water partition coefficient (Wildman–Crippen LogP) is 3.63. The predicted molar refractivity (Wildman–Crippen MR) is 108 cm³/mol. The third kappa shape index (κ3) is 3.43. The molecule has 0 N–H and O–H groups in total. The minimum atomic E-state index is -0.491. The molecule has 0 radical (unpaired) electrons. The highest BCUT2D eigenvalue weighted by Gasteiger charge is 2.31. The summed E-state index contributed by atoms with van der Waals surface area (Å²) in [5.41, 5.74) is 0.801. The number of carbonyl (C=O) groups is 1. The van der Waals surface area contributed by atoms with Gasteiger partial charge in [0, 0.05) is 18.8 Å². The number of ether oxygens (including phenoxy) is 1. The van der Waals surface area contributed by atoms with Crippen molar-refractivity contribution >= 4 is 23.4 Å². The van der Waals surface area contributed by atoms with Crippen LogP contribution in [0.2, 0.25) is 0 Å². The van der Waals surface area contributed by atoms with Crippen LogP contribution in [0.1, 0.15) is 6.92 Å². The summed E-state index contributed by atoms with van der Waals surface area (Å²) in [4.78, 5) is 14.4. The van der Waals surface area contributed by atoms with E-state index in [1.54, 1.807) is 35.9 Å². The lowest BCUT2D eigenvalue weighted by Gasteiger charge is -2.32. The zero-order valence-electron chi connectivity index (χ0n) is 15.4. The number of carbonyl (C=O) groups excluding carboxylic acids is 1. The van der Waals surface area contributed by atoms with Gasteiger partial charge in [-0.05, 0) is 31.2 Å². The zero-order chi connectivity index (χ0) is 19.5. The molecular formula is C20H20N4O3S. The van der Waals surface area contributed by atoms with Gasteiger partial charge in [-0.3, -0.25) is 9.36 Å². The molecule has 4 rings (SSSR count). The largest absolute Gasteiger partial charge is 0.479 e. The van der Waals surface area contributed by atoms with Crippen LogP contribution in [-0.2, 0) is 11.3 Å². The van der Waals surface area contributed by atoms with Crippen molar-refractivity contribution < 1.29 is 13.9 Å². The van der Waals surface area contributed by atoms with Crippen LogP contribution in [0, 0.1) is 0 Å². The van der Waals surface area contributed by atoms with Gasteiger partial charge in [0.25, 0.3) is 5.91 Å². The van der Waals surface area contributed by atoms with E-state index in [1.165, 1.54) is 0 Å². The molecule has 28 heavy (non-hydrogen) atoms. The molecule has 2 aromatic heterocycles. The minimum Gasteiger partial charge on any atom is -0.479 e. The first kappa shape index (κ1) is 18.4. The number of aromatic nitrogens is 3. The van der Waals surface area contributed by atoms with E-state index in [2.05, 4.69) is 16.8 Å². The summed E-state index contributed by atoms with van der Waals surface area (Å²) >= 11 is 1.54. The number of nitrogens with zero attached hydrogens (tertiary/aromatic N) is 4. The zero-order valence-corrected chi connectivity index (χ0v) is 16.3. The van der Waals surface area contributed by atoms with E-state index in [4.69, 9.17) is 9.15 Å². The number of benzene rings is 1. The van der Waals surface area contributed by atoms with Gasteiger partial charge in [0.2, 0.25) is 5.82 Å². The Kier molecular flexibility index (Phi) is 5.21. The molecule has 1 unspecified atom stereocenters. The van der Waals surface area contributed by atoms with Crippen LogP contribution in [0.15, 0.2) is 64.9 Å². The van der Waals surface area contributed by atoms with Gasteiger partial charge >= 0.3 is 0 Å². The van der Waals surface area contributed by atoms with E-state index < -0.39 is 6.10 Å². The molecule has 7 nitrogen and oxygen atoms in total. The van der Waals surface area contributed by atoms with Crippen LogP contribution in [0.4, 0.5) is 5.69 Å². The molecule has 1 aliphatic rings. The summed E-state index contributed by atoms with van der Waals surface area (Å²) in [6.45, 7) is 6.70. The van der Waals surface area contributed by atoms with E-state index in [-0.39, 0.29) is 5.91 Å². The lowest BCUT2D eigenvalue weighted by Crippen LogP contribution is -2.45. The van der Waals surface area contributed by atoms with E-state index in [0.717, 1.165) is 16.6 Å². The smallest absolute Gasteiger partial charge is 0.267 e. The summed E-state index contributed by atoms with van der Waals surface area (Å²) in [6, 6.07) is 11.3. The highest BCUT2D eigenvalue weighted by atomic mass is 32.2. The molecule has 3 aromatic rings. The monoisotopic (exact) mass is 396 g/mol. The molecule has 0 saturated heterocycles. The standard InChI is InChI=1S/C20H20N4O3S/c1-3-10-24-18(17-9-6-12-26-17)21-22-20(24)28-13-11-23-15-7-4-5-8-16(15)27-14(2)19(23)25/h3-9,12,14H,1,10-11,13H2,2H3. The van der Waals surface area contributed by atoms with E-state index in [1.807, 2.05) is 41.0 Å². The van der Waals surface area contributed by atoms with Crippen molar-refractivity contribution in [1.29, 1.82) is 0 Å². The lowest BCUT2D eigenvalue weighted by molar-refractivity contribution is -0.125. The summed E-state index contributed by atoms with van der Waals surface area (Å²) in [5, 5.41) is 9.31. The number of anilines is 1. The van der Waals surface area contributed by atoms with Gasteiger partial charge in [0.1, 0.15) is 5.75 Å². The fraction of sp³-hybridized carbons (Fsp3) is 0.250. The van der Waals surface area contributed by atoms with Crippen LogP contribution in [0.25, 0.3) is 11.6 Å². The Bertz CT molecular complexity index is 983. The van der Waals surface area contributed by atoms with Gasteiger partial charge in [-0.25, -0.2) is 0 Å². The van der Waals surface area contributed by atoms with Crippen LogP contribution in [-0.4, -0.2) is 39.1 Å². The average molecular weight is 396 g/mol. The number of furan rings is 1. The van der Waals surface area contributed by atoms with Crippen molar-refractivity contribution in [2.75, 3.05) is 17.2 Å². The van der Waals surface area contributed by atoms with Gasteiger partial charge in [-0.2, -0.15) is 0 Å². The number of thioether (sulfide) groups is 1. The second-order valence-electron chi connectivity index (χ2n) is 6.25. The number of hydrogen-bond donors (Lipinski definition) is 0. The number of allylic oxidation sites excluding steroid dienone is 1.